The molecule has 72 valence electrons. The molecule has 3 nitrogen and oxygen atoms in total. The predicted octanol–water partition coefficient (Wildman–Crippen LogP) is 1.47. The fraction of sp³-hybridized carbons (Fsp3) is 0.600. The van der Waals surface area contributed by atoms with E-state index in [1.54, 1.807) is 0 Å². The minimum Gasteiger partial charge on any atom is -0.490 e. The first-order valence-electron chi connectivity index (χ1n) is 4.51. The zero-order chi connectivity index (χ0) is 9.84. The van der Waals surface area contributed by atoms with E-state index in [1.807, 2.05) is 0 Å². The van der Waals surface area contributed by atoms with Crippen LogP contribution in [0.25, 0.3) is 0 Å². The molecule has 1 heterocycles. The van der Waals surface area contributed by atoms with Gasteiger partial charge < -0.3 is 4.74 Å². The highest BCUT2D eigenvalue weighted by molar-refractivity contribution is 6.43. The van der Waals surface area contributed by atoms with E-state index in [2.05, 4.69) is 13.8 Å². The third-order valence-electron chi connectivity index (χ3n) is 2.00. The molecule has 0 N–H and O–H groups in total. The predicted molar refractivity (Wildman–Crippen MR) is 48.1 cm³/mol. The summed E-state index contributed by atoms with van der Waals surface area (Å²) in [6, 6.07) is 0. The summed E-state index contributed by atoms with van der Waals surface area (Å²) >= 11 is 0. The third kappa shape index (κ3) is 2.68. The van der Waals surface area contributed by atoms with Crippen molar-refractivity contribution in [3.05, 3.63) is 12.3 Å². The van der Waals surface area contributed by atoms with Crippen molar-refractivity contribution < 1.29 is 14.3 Å². The minimum atomic E-state index is -0.542. The normalized spacial score (nSPS) is 22.2. The fourth-order valence-electron chi connectivity index (χ4n) is 1.18. The summed E-state index contributed by atoms with van der Waals surface area (Å²) < 4.78 is 5.06. The topological polar surface area (TPSA) is 43.4 Å². The lowest BCUT2D eigenvalue weighted by Crippen LogP contribution is -2.32. The van der Waals surface area contributed by atoms with E-state index in [0.717, 1.165) is 6.42 Å². The number of carbonyl (C=O) groups is 2. The minimum absolute atomic E-state index is 0.414. The maximum Gasteiger partial charge on any atom is 0.243 e. The molecule has 0 aromatic heterocycles. The maximum atomic E-state index is 11.2. The Hall–Kier alpha value is -1.12. The van der Waals surface area contributed by atoms with Crippen LogP contribution in [0, 0.1) is 5.92 Å². The number of rotatable bonds is 3. The van der Waals surface area contributed by atoms with Gasteiger partial charge in [-0.05, 0) is 18.8 Å². The van der Waals surface area contributed by atoms with Crippen molar-refractivity contribution in [2.45, 2.75) is 32.8 Å². The van der Waals surface area contributed by atoms with Gasteiger partial charge in [-0.3, -0.25) is 9.59 Å². The SMILES string of the molecule is CC(C)CCC1OC=CC(=O)C1=O. The number of carbonyl (C=O) groups excluding carboxylic acids is 2. The molecule has 0 amide bonds. The standard InChI is InChI=1S/C10H14O3/c1-7(2)3-4-9-10(12)8(11)5-6-13-9/h5-7,9H,3-4H2,1-2H3. The number of Topliss-reactive ketones (excluding diaryl/α,β-unsaturated/α-hetero) is 1. The van der Waals surface area contributed by atoms with E-state index in [1.165, 1.54) is 12.3 Å². The van der Waals surface area contributed by atoms with Gasteiger partial charge >= 0.3 is 0 Å². The first-order chi connectivity index (χ1) is 6.11. The summed E-state index contributed by atoms with van der Waals surface area (Å²) in [6.07, 6.45) is 3.48. The van der Waals surface area contributed by atoms with E-state index in [0.29, 0.717) is 12.3 Å². The van der Waals surface area contributed by atoms with Gasteiger partial charge in [-0.15, -0.1) is 0 Å². The summed E-state index contributed by atoms with van der Waals surface area (Å²) in [7, 11) is 0. The van der Waals surface area contributed by atoms with Crippen molar-refractivity contribution in [2.24, 2.45) is 5.92 Å². The molecule has 0 bridgehead atoms. The molecule has 0 aliphatic carbocycles. The van der Waals surface area contributed by atoms with E-state index in [9.17, 15) is 9.59 Å². The Morgan fingerprint density at radius 1 is 1.46 bits per heavy atom. The molecule has 0 spiro atoms. The Morgan fingerprint density at radius 3 is 2.77 bits per heavy atom. The molecule has 0 fully saturated rings. The molecule has 1 unspecified atom stereocenters. The van der Waals surface area contributed by atoms with Crippen LogP contribution in [0.4, 0.5) is 0 Å². The Labute approximate surface area is 77.8 Å². The molecule has 1 rings (SSSR count). The van der Waals surface area contributed by atoms with E-state index >= 15 is 0 Å². The van der Waals surface area contributed by atoms with Crippen LogP contribution in [0.15, 0.2) is 12.3 Å². The van der Waals surface area contributed by atoms with Crippen LogP contribution < -0.4 is 0 Å². The van der Waals surface area contributed by atoms with Gasteiger partial charge in [0.25, 0.3) is 0 Å². The van der Waals surface area contributed by atoms with Crippen molar-refractivity contribution in [3.8, 4) is 0 Å². The number of hydrogen-bond acceptors (Lipinski definition) is 3. The first kappa shape index (κ1) is 9.96. The molecule has 1 atom stereocenters. The first-order valence-corrected chi connectivity index (χ1v) is 4.51. The highest BCUT2D eigenvalue weighted by Crippen LogP contribution is 2.13. The second kappa shape index (κ2) is 4.21. The zero-order valence-corrected chi connectivity index (χ0v) is 7.95. The summed E-state index contributed by atoms with van der Waals surface area (Å²) in [4.78, 5) is 22.1. The second-order valence-corrected chi connectivity index (χ2v) is 3.63. The zero-order valence-electron chi connectivity index (χ0n) is 7.95. The lowest BCUT2D eigenvalue weighted by molar-refractivity contribution is -0.141. The van der Waals surface area contributed by atoms with Crippen molar-refractivity contribution in [1.82, 2.24) is 0 Å². The summed E-state index contributed by atoms with van der Waals surface area (Å²) in [5, 5.41) is 0. The maximum absolute atomic E-state index is 11.2. The lowest BCUT2D eigenvalue weighted by Gasteiger charge is -2.17. The van der Waals surface area contributed by atoms with Crippen molar-refractivity contribution >= 4 is 11.6 Å². The Balaban J connectivity index is 2.47. The van der Waals surface area contributed by atoms with Gasteiger partial charge in [-0.2, -0.15) is 0 Å². The van der Waals surface area contributed by atoms with Crippen LogP contribution in [0.2, 0.25) is 0 Å². The van der Waals surface area contributed by atoms with Gasteiger partial charge in [-0.25, -0.2) is 0 Å². The fourth-order valence-corrected chi connectivity index (χ4v) is 1.18. The smallest absolute Gasteiger partial charge is 0.243 e. The quantitative estimate of drug-likeness (QED) is 0.621. The highest BCUT2D eigenvalue weighted by atomic mass is 16.5. The van der Waals surface area contributed by atoms with Crippen LogP contribution in [0.3, 0.4) is 0 Å². The average molecular weight is 182 g/mol. The summed E-state index contributed by atoms with van der Waals surface area (Å²) in [5.74, 6) is -0.333. The Morgan fingerprint density at radius 2 is 2.15 bits per heavy atom. The van der Waals surface area contributed by atoms with Crippen LogP contribution in [0.5, 0.6) is 0 Å². The lowest BCUT2D eigenvalue weighted by atomic mass is 10.00. The number of ether oxygens (including phenoxy) is 1. The largest absolute Gasteiger partial charge is 0.490 e. The van der Waals surface area contributed by atoms with Crippen molar-refractivity contribution in [1.29, 1.82) is 0 Å². The van der Waals surface area contributed by atoms with E-state index < -0.39 is 17.7 Å². The van der Waals surface area contributed by atoms with Gasteiger partial charge in [0.05, 0.1) is 6.26 Å². The van der Waals surface area contributed by atoms with Gasteiger partial charge in [-0.1, -0.05) is 13.8 Å². The molecule has 0 aromatic rings. The molecule has 0 aromatic carbocycles. The molecule has 1 aliphatic heterocycles. The van der Waals surface area contributed by atoms with Crippen LogP contribution in [-0.2, 0) is 14.3 Å². The molecule has 3 heteroatoms. The molecule has 13 heavy (non-hydrogen) atoms. The summed E-state index contributed by atoms with van der Waals surface area (Å²) in [6.45, 7) is 4.15. The molecule has 0 radical (unpaired) electrons. The van der Waals surface area contributed by atoms with E-state index in [4.69, 9.17) is 4.74 Å². The van der Waals surface area contributed by atoms with Gasteiger partial charge in [0, 0.05) is 6.08 Å². The highest BCUT2D eigenvalue weighted by Gasteiger charge is 2.27. The van der Waals surface area contributed by atoms with Crippen LogP contribution in [0.1, 0.15) is 26.7 Å². The van der Waals surface area contributed by atoms with Gasteiger partial charge in [0.2, 0.25) is 11.6 Å². The van der Waals surface area contributed by atoms with Gasteiger partial charge in [0.1, 0.15) is 0 Å². The van der Waals surface area contributed by atoms with Crippen molar-refractivity contribution in [3.63, 3.8) is 0 Å². The monoisotopic (exact) mass is 182 g/mol. The van der Waals surface area contributed by atoms with Crippen LogP contribution >= 0.6 is 0 Å². The Bertz CT molecular complexity index is 241. The summed E-state index contributed by atoms with van der Waals surface area (Å²) in [5.41, 5.74) is 0. The van der Waals surface area contributed by atoms with Gasteiger partial charge in [0.15, 0.2) is 6.10 Å². The van der Waals surface area contributed by atoms with Crippen LogP contribution in [-0.4, -0.2) is 17.7 Å². The number of hydrogen-bond donors (Lipinski definition) is 0. The second-order valence-electron chi connectivity index (χ2n) is 3.63. The van der Waals surface area contributed by atoms with Crippen molar-refractivity contribution in [2.75, 3.05) is 0 Å². The average Bonchev–Trinajstić information content (AvgIpc) is 2.07. The molecule has 0 saturated heterocycles. The molecule has 0 saturated carbocycles. The molecular formula is C10H14O3. The molecule has 1 aliphatic rings. The molecular weight excluding hydrogens is 168 g/mol. The Kier molecular flexibility index (Phi) is 3.23. The number of ketones is 2. The third-order valence-corrected chi connectivity index (χ3v) is 2.00. The number of allylic oxidation sites excluding steroid dienone is 1. The van der Waals surface area contributed by atoms with E-state index in [-0.39, 0.29) is 0 Å².